The van der Waals surface area contributed by atoms with E-state index in [-0.39, 0.29) is 12.1 Å². The van der Waals surface area contributed by atoms with Gasteiger partial charge in [0.1, 0.15) is 0 Å². The molecular weight excluding hydrogens is 286 g/mol. The Morgan fingerprint density at radius 1 is 1.00 bits per heavy atom. The van der Waals surface area contributed by atoms with E-state index >= 15 is 0 Å². The second-order valence-electron chi connectivity index (χ2n) is 5.80. The molecule has 0 aliphatic carbocycles. The first-order valence-corrected chi connectivity index (χ1v) is 8.26. The Hall–Kier alpha value is -2.00. The molecule has 3 nitrogen and oxygen atoms in total. The van der Waals surface area contributed by atoms with E-state index < -0.39 is 0 Å². The Labute approximate surface area is 139 Å². The van der Waals surface area contributed by atoms with Crippen molar-refractivity contribution in [2.45, 2.75) is 45.9 Å². The molecule has 0 amide bonds. The molecule has 0 heterocycles. The minimum atomic E-state index is 0.164. The summed E-state index contributed by atoms with van der Waals surface area (Å²) in [4.78, 5) is 0. The zero-order valence-corrected chi connectivity index (χ0v) is 14.5. The SMILES string of the molecule is CCC(C)Oc1c(CNC(C)c2ccccc2)cccc1OC. The van der Waals surface area contributed by atoms with Crippen LogP contribution in [-0.2, 0) is 6.54 Å². The maximum absolute atomic E-state index is 6.09. The molecule has 124 valence electrons. The van der Waals surface area contributed by atoms with E-state index in [0.29, 0.717) is 0 Å². The van der Waals surface area contributed by atoms with Crippen molar-refractivity contribution in [3.8, 4) is 11.5 Å². The van der Waals surface area contributed by atoms with Crippen molar-refractivity contribution in [3.63, 3.8) is 0 Å². The second kappa shape index (κ2) is 8.59. The van der Waals surface area contributed by atoms with Gasteiger partial charge in [-0.25, -0.2) is 0 Å². The zero-order chi connectivity index (χ0) is 16.7. The lowest BCUT2D eigenvalue weighted by atomic mass is 10.1. The van der Waals surface area contributed by atoms with Crippen LogP contribution in [0.25, 0.3) is 0 Å². The lowest BCUT2D eigenvalue weighted by Gasteiger charge is -2.20. The van der Waals surface area contributed by atoms with Gasteiger partial charge in [-0.05, 0) is 31.9 Å². The average Bonchev–Trinajstić information content (AvgIpc) is 2.60. The fourth-order valence-corrected chi connectivity index (χ4v) is 2.40. The summed E-state index contributed by atoms with van der Waals surface area (Å²) in [6.07, 6.45) is 1.13. The van der Waals surface area contributed by atoms with Crippen LogP contribution in [0.15, 0.2) is 48.5 Å². The van der Waals surface area contributed by atoms with Gasteiger partial charge in [-0.1, -0.05) is 49.4 Å². The van der Waals surface area contributed by atoms with E-state index in [1.807, 2.05) is 18.2 Å². The molecule has 0 radical (unpaired) electrons. The summed E-state index contributed by atoms with van der Waals surface area (Å²) in [7, 11) is 1.68. The highest BCUT2D eigenvalue weighted by molar-refractivity contribution is 5.46. The molecule has 0 fully saturated rings. The number of benzene rings is 2. The Bertz CT molecular complexity index is 598. The molecule has 1 N–H and O–H groups in total. The van der Waals surface area contributed by atoms with Crippen LogP contribution in [0.4, 0.5) is 0 Å². The van der Waals surface area contributed by atoms with Gasteiger partial charge in [0.05, 0.1) is 13.2 Å². The molecule has 0 aliphatic heterocycles. The number of hydrogen-bond donors (Lipinski definition) is 1. The molecule has 0 bridgehead atoms. The Balaban J connectivity index is 2.12. The molecule has 0 aliphatic rings. The molecule has 2 aromatic rings. The van der Waals surface area contributed by atoms with E-state index in [0.717, 1.165) is 30.0 Å². The molecule has 2 unspecified atom stereocenters. The maximum atomic E-state index is 6.09. The average molecular weight is 313 g/mol. The Morgan fingerprint density at radius 2 is 1.74 bits per heavy atom. The van der Waals surface area contributed by atoms with Crippen molar-refractivity contribution >= 4 is 0 Å². The molecule has 0 saturated heterocycles. The Morgan fingerprint density at radius 3 is 2.39 bits per heavy atom. The first kappa shape index (κ1) is 17.4. The van der Waals surface area contributed by atoms with Crippen LogP contribution in [0.1, 0.15) is 44.4 Å². The normalized spacial score (nSPS) is 13.4. The minimum absolute atomic E-state index is 0.164. The van der Waals surface area contributed by atoms with Crippen LogP contribution >= 0.6 is 0 Å². The summed E-state index contributed by atoms with van der Waals surface area (Å²) in [5.41, 5.74) is 2.40. The molecular formula is C20H27NO2. The van der Waals surface area contributed by atoms with Gasteiger partial charge in [0.25, 0.3) is 0 Å². The van der Waals surface area contributed by atoms with E-state index in [2.05, 4.69) is 56.4 Å². The van der Waals surface area contributed by atoms with Crippen LogP contribution < -0.4 is 14.8 Å². The van der Waals surface area contributed by atoms with Gasteiger partial charge in [-0.15, -0.1) is 0 Å². The van der Waals surface area contributed by atoms with E-state index in [1.54, 1.807) is 7.11 Å². The molecule has 2 atom stereocenters. The smallest absolute Gasteiger partial charge is 0.166 e. The number of hydrogen-bond acceptors (Lipinski definition) is 3. The number of nitrogens with one attached hydrogen (secondary N) is 1. The lowest BCUT2D eigenvalue weighted by Crippen LogP contribution is -2.19. The van der Waals surface area contributed by atoms with E-state index in [4.69, 9.17) is 9.47 Å². The molecule has 2 aromatic carbocycles. The summed E-state index contributed by atoms with van der Waals surface area (Å²) < 4.78 is 11.6. The van der Waals surface area contributed by atoms with Gasteiger partial charge in [-0.3, -0.25) is 0 Å². The van der Waals surface area contributed by atoms with Crippen LogP contribution in [0.5, 0.6) is 11.5 Å². The molecule has 0 aromatic heterocycles. The van der Waals surface area contributed by atoms with Gasteiger partial charge < -0.3 is 14.8 Å². The number of ether oxygens (including phenoxy) is 2. The van der Waals surface area contributed by atoms with Crippen molar-refractivity contribution in [1.82, 2.24) is 5.32 Å². The molecule has 0 saturated carbocycles. The monoisotopic (exact) mass is 313 g/mol. The minimum Gasteiger partial charge on any atom is -0.493 e. The predicted molar refractivity (Wildman–Crippen MR) is 95.1 cm³/mol. The van der Waals surface area contributed by atoms with Crippen molar-refractivity contribution in [2.75, 3.05) is 7.11 Å². The zero-order valence-electron chi connectivity index (χ0n) is 14.5. The third-order valence-corrected chi connectivity index (χ3v) is 4.07. The van der Waals surface area contributed by atoms with Crippen LogP contribution in [-0.4, -0.2) is 13.2 Å². The Kier molecular flexibility index (Phi) is 6.48. The topological polar surface area (TPSA) is 30.5 Å². The van der Waals surface area contributed by atoms with Crippen LogP contribution in [0.2, 0.25) is 0 Å². The molecule has 2 rings (SSSR count). The first-order chi connectivity index (χ1) is 11.2. The number of para-hydroxylation sites is 1. The number of methoxy groups -OCH3 is 1. The van der Waals surface area contributed by atoms with Crippen LogP contribution in [0.3, 0.4) is 0 Å². The largest absolute Gasteiger partial charge is 0.493 e. The third-order valence-electron chi connectivity index (χ3n) is 4.07. The van der Waals surface area contributed by atoms with Gasteiger partial charge in [-0.2, -0.15) is 0 Å². The fourth-order valence-electron chi connectivity index (χ4n) is 2.40. The molecule has 0 spiro atoms. The quantitative estimate of drug-likeness (QED) is 0.764. The fraction of sp³-hybridized carbons (Fsp3) is 0.400. The summed E-state index contributed by atoms with van der Waals surface area (Å²) in [5.74, 6) is 1.63. The van der Waals surface area contributed by atoms with Crippen molar-refractivity contribution < 1.29 is 9.47 Å². The van der Waals surface area contributed by atoms with Crippen molar-refractivity contribution in [1.29, 1.82) is 0 Å². The third kappa shape index (κ3) is 4.73. The summed E-state index contributed by atoms with van der Waals surface area (Å²) in [5, 5.41) is 3.56. The van der Waals surface area contributed by atoms with Crippen LogP contribution in [0, 0.1) is 0 Å². The van der Waals surface area contributed by atoms with Gasteiger partial charge in [0.2, 0.25) is 0 Å². The highest BCUT2D eigenvalue weighted by Crippen LogP contribution is 2.32. The first-order valence-electron chi connectivity index (χ1n) is 8.26. The lowest BCUT2D eigenvalue weighted by molar-refractivity contribution is 0.205. The summed E-state index contributed by atoms with van der Waals surface area (Å²) in [6.45, 7) is 7.11. The van der Waals surface area contributed by atoms with E-state index in [1.165, 1.54) is 5.56 Å². The molecule has 23 heavy (non-hydrogen) atoms. The van der Waals surface area contributed by atoms with Crippen molar-refractivity contribution in [3.05, 3.63) is 59.7 Å². The summed E-state index contributed by atoms with van der Waals surface area (Å²) in [6, 6.07) is 16.8. The summed E-state index contributed by atoms with van der Waals surface area (Å²) >= 11 is 0. The number of rotatable bonds is 8. The standard InChI is InChI=1S/C20H27NO2/c1-5-15(2)23-20-18(12-9-13-19(20)22-4)14-21-16(3)17-10-7-6-8-11-17/h6-13,15-16,21H,5,14H2,1-4H3. The second-order valence-corrected chi connectivity index (χ2v) is 5.80. The van der Waals surface area contributed by atoms with Gasteiger partial charge in [0.15, 0.2) is 11.5 Å². The van der Waals surface area contributed by atoms with Gasteiger partial charge in [0, 0.05) is 18.2 Å². The van der Waals surface area contributed by atoms with Gasteiger partial charge >= 0.3 is 0 Å². The molecule has 3 heteroatoms. The maximum Gasteiger partial charge on any atom is 0.166 e. The van der Waals surface area contributed by atoms with E-state index in [9.17, 15) is 0 Å². The van der Waals surface area contributed by atoms with Crippen molar-refractivity contribution in [2.24, 2.45) is 0 Å². The highest BCUT2D eigenvalue weighted by Gasteiger charge is 2.14. The highest BCUT2D eigenvalue weighted by atomic mass is 16.5. The predicted octanol–water partition coefficient (Wildman–Crippen LogP) is 4.72.